The Labute approximate surface area is 709 Å². The number of aryl methyl sites for hydroxylation is 1. The molecule has 16 nitrogen and oxygen atoms in total. The maximum absolute atomic E-state index is 14.5. The normalized spacial score (nSPS) is 44.1. The van der Waals surface area contributed by atoms with E-state index < -0.39 is 27.1 Å². The van der Waals surface area contributed by atoms with Gasteiger partial charge in [-0.2, -0.15) is 0 Å². The molecule has 24 atom stereocenters. The van der Waals surface area contributed by atoms with E-state index in [0.29, 0.717) is 5.89 Å². The van der Waals surface area contributed by atoms with Crippen molar-refractivity contribution in [2.45, 2.75) is 316 Å². The van der Waals surface area contributed by atoms with Gasteiger partial charge in [0.05, 0.1) is 31.7 Å². The standard InChI is InChI=1S/C33H44N2O4.C32H41N3O3.C30H38ClNO3.5CH4/c1-19-21-9-10-31(6)25(30(21,5)17-23(34-8)28(19)39)15-24(37)27-22-16-29(3,4)11-13-33(22,14-12-32(27,31)7)26(38)18-35-20(2)36;1-18-20-9-10-30(6)24(29(20,5)17-22(33-8)26(18)37)15-23(36)25-21-16-28(3,4)11-13-32(21,14-12-31(25,30)7)27-35-34-19(2)38-27;1-17-18-8-9-28(5)22(27(18,4)16-20(32-7)24(17)34)14-21(33)23-19-15-26(2,3)10-12-30(19,25(31)35)13-11-29(23,28)6;;;;;/h15,17,19,21-22,27H,9-14,16,18H2,1-7H3,(H,35,36);15,17-18,20-21,25H,9-14,16H2,1-7H3;14,16-19,23H,8-13,15H2,1-6H3;5*1H4/t19-,21-,22-,27-,30-,31+,32+,33-;18-,20-,21-,25-,29-,30+,31+,32-;17-,18-,19-,23-,27-,28+,29+,30-;;;;;/m000...../s1/i;;;1T;;;;. The minimum absolute atomic E-state index is 0. The Kier molecular flexibility index (Phi) is 24.0. The lowest BCUT2D eigenvalue weighted by atomic mass is 9.34. The largest absolute Gasteiger partial charge is 0.425 e. The fraction of sp³-hybridized carbons (Fsp3) is 0.740. The molecule has 16 rings (SSSR count). The molecule has 0 aliphatic heterocycles. The highest BCUT2D eigenvalue weighted by molar-refractivity contribution is 6.64. The quantitative estimate of drug-likeness (QED) is 0.215. The highest BCUT2D eigenvalue weighted by Crippen LogP contribution is 2.79. The van der Waals surface area contributed by atoms with Crippen molar-refractivity contribution in [3.8, 4) is 0 Å². The van der Waals surface area contributed by atoms with Gasteiger partial charge in [-0.15, -0.1) is 10.2 Å². The number of aromatic nitrogens is 2. The summed E-state index contributed by atoms with van der Waals surface area (Å²) >= 11 is 6.35. The van der Waals surface area contributed by atoms with Gasteiger partial charge in [0.15, 0.2) is 40.5 Å². The van der Waals surface area contributed by atoms with E-state index in [4.69, 9.17) is 37.1 Å². The van der Waals surface area contributed by atoms with Crippen LogP contribution in [0, 0.1) is 173 Å². The number of fused-ring (bicyclic) bond motifs is 21. The molecule has 1 aromatic rings. The van der Waals surface area contributed by atoms with Crippen LogP contribution in [0.5, 0.6) is 0 Å². The molecule has 117 heavy (non-hydrogen) atoms. The molecule has 0 saturated heterocycles. The van der Waals surface area contributed by atoms with Gasteiger partial charge in [0.25, 0.3) is 0 Å². The summed E-state index contributed by atoms with van der Waals surface area (Å²) in [4.78, 5) is 131. The lowest BCUT2D eigenvalue weighted by Crippen LogP contribution is -2.65. The number of carbonyl (C=O) groups excluding carboxylic acids is 9. The number of hydrogen-bond acceptors (Lipinski definition) is 12. The number of halogens is 1. The molecule has 1 N–H and O–H groups in total. The Hall–Kier alpha value is -6.83. The number of nitrogens with zero attached hydrogens (tertiary/aromatic N) is 5. The fourth-order valence-corrected chi connectivity index (χ4v) is 30.1. The van der Waals surface area contributed by atoms with Gasteiger partial charge in [-0.25, -0.2) is 14.5 Å². The number of amides is 1. The zero-order valence-electron chi connectivity index (χ0n) is 72.6. The molecule has 15 aliphatic carbocycles. The monoisotopic (exact) mass is 1630 g/mol. The van der Waals surface area contributed by atoms with Gasteiger partial charge in [0, 0.05) is 77.8 Å². The van der Waals surface area contributed by atoms with Crippen LogP contribution in [0.4, 0.5) is 0 Å². The van der Waals surface area contributed by atoms with Crippen molar-refractivity contribution < 1.29 is 48.9 Å². The number of carbonyl (C=O) groups is 9. The number of ketones is 7. The number of Topliss-reactive ketones (excluding diaryl/α,β-unsaturated/α-hetero) is 4. The second-order valence-electron chi connectivity index (χ2n) is 43.4. The first-order valence-corrected chi connectivity index (χ1v) is 42.8. The van der Waals surface area contributed by atoms with E-state index in [2.05, 4.69) is 134 Å². The predicted octanol–water partition coefficient (Wildman–Crippen LogP) is 22.8. The minimum Gasteiger partial charge on any atom is -0.425 e. The average Bonchev–Trinajstić information content (AvgIpc) is 0.686. The Morgan fingerprint density at radius 2 is 0.769 bits per heavy atom. The van der Waals surface area contributed by atoms with Crippen molar-refractivity contribution >= 4 is 63.2 Å². The van der Waals surface area contributed by atoms with Crippen LogP contribution >= 0.6 is 11.6 Å². The summed E-state index contributed by atoms with van der Waals surface area (Å²) in [5, 5.41) is 11.3. The number of rotatable bonds is 5. The van der Waals surface area contributed by atoms with Gasteiger partial charge >= 0.3 is 0 Å². The Bertz CT molecular complexity index is 4680. The third-order valence-electron chi connectivity index (χ3n) is 36.9. The SMILES string of the molecule is C.C.C.C.[3H]C.[C-]#[N+]C1=C[C@]2(C)C3=CC(=O)[C@@H]4[C@@H]5CC(C)(C)CC[C@]5(C(=O)CNC(C)=O)CC[C@@]4(C)[C@]3(C)CC[C@H]2[C@H](C)C1=O.[C-]#[N+]C1=C[C@]2(C)C3=CC(=O)[C@@H]4[C@@H]5CC(C)(C)CC[C@]5(C(=O)Cl)CC[C@@]4(C)[C@]3(C)CC[C@H]2[C@H](C)C1=O.[C-]#[N+]C1=C[C@]2(C)C3=CC(=O)[C@@H]4[C@@H]5CC(C)(C)CC[C@]5(c5nnc(C)o5)CC[C@@]4(C)[C@]3(C)CC[C@H]2[C@H](C)C1=O. The summed E-state index contributed by atoms with van der Waals surface area (Å²) in [5.41, 5.74) is -0.295. The molecule has 9 fully saturated rings. The molecular formula is C100H143ClN6O10. The summed E-state index contributed by atoms with van der Waals surface area (Å²) < 4.78 is 11.9. The maximum atomic E-state index is 14.5. The first-order valence-electron chi connectivity index (χ1n) is 43.5. The lowest BCUT2D eigenvalue weighted by molar-refractivity contribution is -0.176. The maximum Gasteiger partial charge on any atom is 0.228 e. The van der Waals surface area contributed by atoms with E-state index in [0.717, 1.165) is 157 Å². The van der Waals surface area contributed by atoms with Crippen LogP contribution in [0.25, 0.3) is 14.5 Å². The molecule has 0 bridgehead atoms. The molecule has 1 heterocycles. The van der Waals surface area contributed by atoms with Crippen molar-refractivity contribution in [2.75, 3.05) is 6.54 Å². The van der Waals surface area contributed by atoms with Crippen LogP contribution in [-0.2, 0) is 48.6 Å². The molecule has 0 unspecified atom stereocenters. The molecule has 1 amide bonds. The fourth-order valence-electron chi connectivity index (χ4n) is 29.8. The molecule has 640 valence electrons. The Morgan fingerprint density at radius 3 is 1.11 bits per heavy atom. The summed E-state index contributed by atoms with van der Waals surface area (Å²) in [6.45, 7) is 66.3. The number of nitrogens with one attached hydrogen (secondary N) is 1. The first kappa shape index (κ1) is 92.5. The van der Waals surface area contributed by atoms with Crippen LogP contribution in [0.2, 0.25) is 0 Å². The van der Waals surface area contributed by atoms with Gasteiger partial charge < -0.3 is 24.1 Å². The Balaban J connectivity index is 0.000000197. The molecule has 0 radical (unpaired) electrons. The number of allylic oxidation sites excluding steroid dienone is 12. The van der Waals surface area contributed by atoms with Gasteiger partial charge in [0.2, 0.25) is 40.0 Å². The summed E-state index contributed by atoms with van der Waals surface area (Å²) in [6.07, 6.45) is 29.8. The lowest BCUT2D eigenvalue weighted by Gasteiger charge is -2.68. The smallest absolute Gasteiger partial charge is 0.228 e. The molecule has 0 spiro atoms. The van der Waals surface area contributed by atoms with Crippen molar-refractivity contribution in [1.82, 2.24) is 15.5 Å². The summed E-state index contributed by atoms with van der Waals surface area (Å²) in [6, 6.07) is 0. The third kappa shape index (κ3) is 13.0. The predicted molar refractivity (Wildman–Crippen MR) is 462 cm³/mol. The van der Waals surface area contributed by atoms with Gasteiger partial charge in [0.1, 0.15) is 0 Å². The molecule has 15 aliphatic rings. The van der Waals surface area contributed by atoms with E-state index in [1.807, 2.05) is 64.2 Å². The zero-order valence-corrected chi connectivity index (χ0v) is 72.4. The van der Waals surface area contributed by atoms with Gasteiger partial charge in [-0.05, 0) is 249 Å². The van der Waals surface area contributed by atoms with E-state index >= 15 is 0 Å². The van der Waals surface area contributed by atoms with Crippen LogP contribution in [0.3, 0.4) is 0 Å². The minimum atomic E-state index is -0.608. The van der Waals surface area contributed by atoms with Crippen LogP contribution in [-0.4, -0.2) is 68.4 Å². The third-order valence-corrected chi connectivity index (χ3v) is 37.2. The van der Waals surface area contributed by atoms with Crippen molar-refractivity contribution in [3.63, 3.8) is 0 Å². The topological polar surface area (TPSA) is 218 Å². The van der Waals surface area contributed by atoms with E-state index in [1.165, 1.54) is 14.3 Å². The average molecular weight is 1630 g/mol. The Morgan fingerprint density at radius 1 is 0.462 bits per heavy atom. The highest BCUT2D eigenvalue weighted by Gasteiger charge is 2.75. The molecule has 9 saturated carbocycles. The van der Waals surface area contributed by atoms with Crippen LogP contribution in [0.1, 0.15) is 317 Å². The molecule has 17 heteroatoms. The highest BCUT2D eigenvalue weighted by atomic mass is 35.5. The molecular weight excluding hydrogens is 1480 g/mol. The molecule has 0 aromatic carbocycles. The zero-order chi connectivity index (χ0) is 84.0. The van der Waals surface area contributed by atoms with Crippen molar-refractivity contribution in [3.05, 3.63) is 116 Å². The second-order valence-corrected chi connectivity index (χ2v) is 43.7. The molecule has 1 aromatic heterocycles. The van der Waals surface area contributed by atoms with E-state index in [1.54, 1.807) is 0 Å². The van der Waals surface area contributed by atoms with Crippen LogP contribution < -0.4 is 5.32 Å². The van der Waals surface area contributed by atoms with E-state index in [9.17, 15) is 43.2 Å². The second kappa shape index (κ2) is 30.3. The van der Waals surface area contributed by atoms with Gasteiger partial charge in [-0.1, -0.05) is 197 Å². The van der Waals surface area contributed by atoms with Gasteiger partial charge in [-0.3, -0.25) is 28.8 Å². The van der Waals surface area contributed by atoms with Crippen LogP contribution in [0.15, 0.2) is 74.7 Å². The summed E-state index contributed by atoms with van der Waals surface area (Å²) in [7, 11) is 1.25. The van der Waals surface area contributed by atoms with E-state index in [-0.39, 0.29) is 230 Å². The number of hydrogen-bond donors (Lipinski definition) is 1. The summed E-state index contributed by atoms with van der Waals surface area (Å²) in [5.74, 6) is 0.408. The van der Waals surface area contributed by atoms with Crippen molar-refractivity contribution in [1.29, 1.82) is 0 Å². The van der Waals surface area contributed by atoms with Crippen molar-refractivity contribution in [2.24, 2.45) is 147 Å². The first-order chi connectivity index (χ1) is 53.0.